The first kappa shape index (κ1) is 36.3. The van der Waals surface area contributed by atoms with Crippen molar-refractivity contribution < 1.29 is 86.0 Å². The summed E-state index contributed by atoms with van der Waals surface area (Å²) in [4.78, 5) is 83.5. The summed E-state index contributed by atoms with van der Waals surface area (Å²) in [5.41, 5.74) is 0. The van der Waals surface area contributed by atoms with Crippen LogP contribution in [-0.2, 0) is 80.9 Å². The second-order valence-corrected chi connectivity index (χ2v) is 9.68. The zero-order valence-corrected chi connectivity index (χ0v) is 25.1. The van der Waals surface area contributed by atoms with E-state index in [0.29, 0.717) is 0 Å². The number of aliphatic hydroxyl groups is 1. The third kappa shape index (κ3) is 10.7. The van der Waals surface area contributed by atoms with Gasteiger partial charge in [0.15, 0.2) is 43.1 Å². The van der Waals surface area contributed by atoms with E-state index in [9.17, 15) is 38.7 Å². The van der Waals surface area contributed by atoms with E-state index in [0.717, 1.165) is 48.5 Å². The molecule has 2 fully saturated rings. The van der Waals surface area contributed by atoms with E-state index < -0.39 is 116 Å². The smallest absolute Gasteiger partial charge is 0.303 e. The fourth-order valence-electron chi connectivity index (χ4n) is 4.49. The van der Waals surface area contributed by atoms with Gasteiger partial charge in [-0.3, -0.25) is 33.6 Å². The van der Waals surface area contributed by atoms with Crippen molar-refractivity contribution in [2.24, 2.45) is 0 Å². The van der Waals surface area contributed by atoms with Gasteiger partial charge in [-0.05, 0) is 0 Å². The number of hydrogen-bond acceptors (Lipinski definition) is 18. The van der Waals surface area contributed by atoms with Crippen LogP contribution in [0.4, 0.5) is 0 Å². The van der Waals surface area contributed by atoms with Crippen molar-refractivity contribution in [3.63, 3.8) is 0 Å². The average Bonchev–Trinajstić information content (AvgIpc) is 2.87. The summed E-state index contributed by atoms with van der Waals surface area (Å²) in [5.74, 6) is -6.03. The lowest BCUT2D eigenvalue weighted by molar-refractivity contribution is -0.357. The predicted molar refractivity (Wildman–Crippen MR) is 135 cm³/mol. The Kier molecular flexibility index (Phi) is 13.4. The zero-order chi connectivity index (χ0) is 33.3. The van der Waals surface area contributed by atoms with Gasteiger partial charge < -0.3 is 52.5 Å². The second kappa shape index (κ2) is 16.3. The number of hydrogen-bond donors (Lipinski definition) is 1. The lowest BCUT2D eigenvalue weighted by atomic mass is 9.96. The van der Waals surface area contributed by atoms with Crippen LogP contribution < -0.4 is 0 Å². The van der Waals surface area contributed by atoms with E-state index in [4.69, 9.17) is 47.4 Å². The lowest BCUT2D eigenvalue weighted by Crippen LogP contribution is -2.67. The van der Waals surface area contributed by atoms with Crippen LogP contribution in [0.2, 0.25) is 0 Å². The fraction of sp³-hybridized carbons (Fsp3) is 0.731. The van der Waals surface area contributed by atoms with Crippen LogP contribution in [0.5, 0.6) is 0 Å². The molecule has 18 heteroatoms. The lowest BCUT2D eigenvalue weighted by Gasteiger charge is -2.48. The van der Waals surface area contributed by atoms with Gasteiger partial charge in [0, 0.05) is 48.5 Å². The highest BCUT2D eigenvalue weighted by Gasteiger charge is 2.57. The second-order valence-electron chi connectivity index (χ2n) is 9.68. The molecule has 18 nitrogen and oxygen atoms in total. The molecule has 0 bridgehead atoms. The van der Waals surface area contributed by atoms with Crippen LogP contribution in [0.25, 0.3) is 0 Å². The van der Waals surface area contributed by atoms with Crippen LogP contribution in [0.3, 0.4) is 0 Å². The Labute approximate surface area is 251 Å². The zero-order valence-electron chi connectivity index (χ0n) is 25.1. The minimum Gasteiger partial charge on any atom is -0.463 e. The highest BCUT2D eigenvalue weighted by molar-refractivity contribution is 5.69. The van der Waals surface area contributed by atoms with E-state index in [-0.39, 0.29) is 0 Å². The van der Waals surface area contributed by atoms with Gasteiger partial charge in [0.1, 0.15) is 31.5 Å². The summed E-state index contributed by atoms with van der Waals surface area (Å²) in [6.45, 7) is 6.13. The maximum Gasteiger partial charge on any atom is 0.303 e. The van der Waals surface area contributed by atoms with Gasteiger partial charge in [-0.2, -0.15) is 0 Å². The monoisotopic (exact) mass is 636 g/mol. The van der Waals surface area contributed by atoms with Crippen molar-refractivity contribution >= 4 is 41.8 Å². The molecule has 0 spiro atoms. The third-order valence-corrected chi connectivity index (χ3v) is 5.90. The standard InChI is InChI=1S/C26H36O18/c1-10(27)35-8-17-19(37-12(3)29)21(23(25(34)42-17)40-15(6)32)44-26-24(41-16(7)33)22(39-14(5)31)20(38-13(4)30)18(43-26)9-36-11(2)28/h17-26,34H,8-9H2,1-7H3/t17-,18-,19-,20-,21+,22+,23-,24-,25+,26-/m1/s1. The summed E-state index contributed by atoms with van der Waals surface area (Å²) in [7, 11) is 0. The van der Waals surface area contributed by atoms with Crippen molar-refractivity contribution in [3.05, 3.63) is 0 Å². The summed E-state index contributed by atoms with van der Waals surface area (Å²) >= 11 is 0. The molecule has 2 aliphatic rings. The highest BCUT2D eigenvalue weighted by atomic mass is 16.8. The van der Waals surface area contributed by atoms with Gasteiger partial charge in [0.2, 0.25) is 0 Å². The third-order valence-electron chi connectivity index (χ3n) is 5.90. The Balaban J connectivity index is 2.66. The number of ether oxygens (including phenoxy) is 10. The van der Waals surface area contributed by atoms with Crippen molar-refractivity contribution in [1.82, 2.24) is 0 Å². The van der Waals surface area contributed by atoms with Crippen molar-refractivity contribution in [2.45, 2.75) is 110 Å². The topological polar surface area (TPSA) is 232 Å². The Bertz CT molecular complexity index is 1090. The molecule has 0 saturated carbocycles. The van der Waals surface area contributed by atoms with Gasteiger partial charge in [-0.25, -0.2) is 0 Å². The molecular formula is C26H36O18. The van der Waals surface area contributed by atoms with E-state index in [2.05, 4.69) is 0 Å². The van der Waals surface area contributed by atoms with E-state index in [1.54, 1.807) is 0 Å². The molecule has 0 radical (unpaired) electrons. The SMILES string of the molecule is CC(=O)OC[C@H]1O[C@H](O)[C@H](OC(C)=O)[C@@H](O[C@H]2O[C@H](COC(C)=O)[C@@H](OC(C)=O)[C@H](OC(C)=O)[C@H]2OC(C)=O)[C@@H]1OC(C)=O. The summed E-state index contributed by atoms with van der Waals surface area (Å²) in [6, 6.07) is 0. The molecule has 2 rings (SSSR count). The molecule has 10 atom stereocenters. The number of esters is 7. The molecule has 44 heavy (non-hydrogen) atoms. The first-order valence-corrected chi connectivity index (χ1v) is 13.3. The van der Waals surface area contributed by atoms with E-state index in [1.165, 1.54) is 0 Å². The number of rotatable bonds is 11. The molecule has 1 N–H and O–H groups in total. The maximum absolute atomic E-state index is 12.2. The maximum atomic E-state index is 12.2. The van der Waals surface area contributed by atoms with Crippen molar-refractivity contribution in [3.8, 4) is 0 Å². The minimum atomic E-state index is -1.94. The van der Waals surface area contributed by atoms with Crippen molar-refractivity contribution in [2.75, 3.05) is 13.2 Å². The van der Waals surface area contributed by atoms with Gasteiger partial charge in [-0.1, -0.05) is 0 Å². The molecule has 2 aliphatic heterocycles. The van der Waals surface area contributed by atoms with Crippen LogP contribution in [0.1, 0.15) is 48.5 Å². The molecule has 0 aromatic heterocycles. The Morgan fingerprint density at radius 1 is 0.477 bits per heavy atom. The largest absolute Gasteiger partial charge is 0.463 e. The molecule has 248 valence electrons. The first-order chi connectivity index (χ1) is 20.5. The number of carbonyl (C=O) groups is 7. The average molecular weight is 637 g/mol. The Morgan fingerprint density at radius 3 is 1.27 bits per heavy atom. The predicted octanol–water partition coefficient (Wildman–Crippen LogP) is -1.40. The summed E-state index contributed by atoms with van der Waals surface area (Å²) in [5, 5.41) is 10.8. The van der Waals surface area contributed by atoms with Crippen molar-refractivity contribution in [1.29, 1.82) is 0 Å². The van der Waals surface area contributed by atoms with Gasteiger partial charge >= 0.3 is 41.8 Å². The Hall–Kier alpha value is -3.87. The van der Waals surface area contributed by atoms with Crippen LogP contribution in [-0.4, -0.2) is 122 Å². The molecular weight excluding hydrogens is 600 g/mol. The molecule has 0 aromatic rings. The quantitative estimate of drug-likeness (QED) is 0.203. The van der Waals surface area contributed by atoms with Gasteiger partial charge in [-0.15, -0.1) is 0 Å². The van der Waals surface area contributed by atoms with Crippen LogP contribution in [0.15, 0.2) is 0 Å². The summed E-state index contributed by atoms with van der Waals surface area (Å²) < 4.78 is 54.0. The number of carbonyl (C=O) groups excluding carboxylic acids is 7. The van der Waals surface area contributed by atoms with E-state index >= 15 is 0 Å². The molecule has 0 aliphatic carbocycles. The highest BCUT2D eigenvalue weighted by Crippen LogP contribution is 2.35. The normalized spacial score (nSPS) is 31.5. The number of aliphatic hydroxyl groups excluding tert-OH is 1. The van der Waals surface area contributed by atoms with Gasteiger partial charge in [0.25, 0.3) is 0 Å². The molecule has 0 unspecified atom stereocenters. The molecule has 0 aromatic carbocycles. The molecule has 2 heterocycles. The Morgan fingerprint density at radius 2 is 0.841 bits per heavy atom. The first-order valence-electron chi connectivity index (χ1n) is 13.3. The van der Waals surface area contributed by atoms with Crippen LogP contribution >= 0.6 is 0 Å². The van der Waals surface area contributed by atoms with Crippen LogP contribution in [0, 0.1) is 0 Å². The van der Waals surface area contributed by atoms with E-state index in [1.807, 2.05) is 0 Å². The molecule has 2 saturated heterocycles. The minimum absolute atomic E-state index is 0.560. The fourth-order valence-corrected chi connectivity index (χ4v) is 4.49. The summed E-state index contributed by atoms with van der Waals surface area (Å²) in [6.07, 6.45) is -16.4. The molecule has 0 amide bonds. The van der Waals surface area contributed by atoms with Gasteiger partial charge in [0.05, 0.1) is 0 Å².